The van der Waals surface area contributed by atoms with Gasteiger partial charge in [0.1, 0.15) is 0 Å². The van der Waals surface area contributed by atoms with Gasteiger partial charge in [-0.15, -0.1) is 24.0 Å². The third-order valence-electron chi connectivity index (χ3n) is 4.99. The highest BCUT2D eigenvalue weighted by Gasteiger charge is 2.11. The molecule has 0 spiro atoms. The third-order valence-corrected chi connectivity index (χ3v) is 6.67. The summed E-state index contributed by atoms with van der Waals surface area (Å²) >= 11 is 0. The van der Waals surface area contributed by atoms with Gasteiger partial charge in [0.2, 0.25) is 0 Å². The summed E-state index contributed by atoms with van der Waals surface area (Å²) in [4.78, 5) is 7.54. The van der Waals surface area contributed by atoms with Crippen molar-refractivity contribution in [3.05, 3.63) is 71.4 Å². The number of aryl methyl sites for hydroxylation is 1. The highest BCUT2D eigenvalue weighted by Crippen LogP contribution is 2.19. The molecule has 6 nitrogen and oxygen atoms in total. The fourth-order valence-electron chi connectivity index (χ4n) is 3.44. The minimum Gasteiger partial charge on any atom is -0.361 e. The largest absolute Gasteiger partial charge is 0.361 e. The van der Waals surface area contributed by atoms with E-state index in [4.69, 9.17) is 0 Å². The Kier molecular flexibility index (Phi) is 9.83. The van der Waals surface area contributed by atoms with E-state index < -0.39 is 9.84 Å². The first-order valence-corrected chi connectivity index (χ1v) is 12.0. The van der Waals surface area contributed by atoms with Crippen molar-refractivity contribution in [3.63, 3.8) is 0 Å². The topological polar surface area (TPSA) is 86.3 Å². The average Bonchev–Trinajstić information content (AvgIpc) is 3.12. The van der Waals surface area contributed by atoms with Gasteiger partial charge in [-0.05, 0) is 42.5 Å². The van der Waals surface area contributed by atoms with Gasteiger partial charge < -0.3 is 15.6 Å². The first-order chi connectivity index (χ1) is 14.5. The fraction of sp³-hybridized carbons (Fsp3) is 0.348. The first kappa shape index (κ1) is 25.2. The van der Waals surface area contributed by atoms with E-state index in [1.165, 1.54) is 16.5 Å². The van der Waals surface area contributed by atoms with Gasteiger partial charge in [0.15, 0.2) is 15.8 Å². The molecule has 3 aromatic rings. The lowest BCUT2D eigenvalue weighted by Crippen LogP contribution is -2.39. The Bertz CT molecular complexity index is 1100. The number of nitrogens with one attached hydrogen (secondary N) is 3. The summed E-state index contributed by atoms with van der Waals surface area (Å²) in [6.45, 7) is 3.39. The molecule has 0 aliphatic heterocycles. The molecular formula is C23H31IN4O2S. The lowest BCUT2D eigenvalue weighted by Gasteiger charge is -2.12. The Morgan fingerprint density at radius 1 is 1.06 bits per heavy atom. The molecule has 1 heterocycles. The third kappa shape index (κ3) is 7.84. The maximum absolute atomic E-state index is 12.3. The van der Waals surface area contributed by atoms with Gasteiger partial charge in [0.05, 0.1) is 11.5 Å². The first-order valence-electron chi connectivity index (χ1n) is 10.2. The molecule has 168 valence electrons. The number of hydrogen-bond donors (Lipinski definition) is 3. The molecule has 0 saturated heterocycles. The summed E-state index contributed by atoms with van der Waals surface area (Å²) in [6, 6.07) is 15.7. The van der Waals surface area contributed by atoms with Crippen LogP contribution >= 0.6 is 24.0 Å². The van der Waals surface area contributed by atoms with Crippen molar-refractivity contribution in [1.29, 1.82) is 0 Å². The van der Waals surface area contributed by atoms with E-state index in [0.29, 0.717) is 18.9 Å². The number of benzene rings is 2. The van der Waals surface area contributed by atoms with Crippen molar-refractivity contribution >= 4 is 50.7 Å². The summed E-state index contributed by atoms with van der Waals surface area (Å²) in [6.07, 6.45) is 3.46. The number of H-pyrrole nitrogens is 1. The molecule has 2 aromatic carbocycles. The molecule has 0 amide bonds. The van der Waals surface area contributed by atoms with E-state index in [0.717, 1.165) is 24.0 Å². The van der Waals surface area contributed by atoms with Crippen molar-refractivity contribution in [3.8, 4) is 0 Å². The smallest absolute Gasteiger partial charge is 0.190 e. The van der Waals surface area contributed by atoms with Crippen molar-refractivity contribution in [2.24, 2.45) is 4.99 Å². The Morgan fingerprint density at radius 2 is 1.81 bits per heavy atom. The van der Waals surface area contributed by atoms with Gasteiger partial charge in [-0.3, -0.25) is 4.99 Å². The SMILES string of the molecule is CN=C(NCCCS(=O)(=O)Cc1ccccc1)NCCc1c[nH]c2cc(C)ccc12.I. The molecule has 0 aliphatic rings. The summed E-state index contributed by atoms with van der Waals surface area (Å²) in [7, 11) is -1.40. The number of aromatic nitrogens is 1. The van der Waals surface area contributed by atoms with Gasteiger partial charge in [0, 0.05) is 37.2 Å². The summed E-state index contributed by atoms with van der Waals surface area (Å²) < 4.78 is 24.5. The number of hydrogen-bond acceptors (Lipinski definition) is 3. The molecule has 8 heteroatoms. The maximum atomic E-state index is 12.3. The van der Waals surface area contributed by atoms with Crippen LogP contribution in [-0.2, 0) is 22.0 Å². The Balaban J connectivity index is 0.00000341. The van der Waals surface area contributed by atoms with E-state index in [2.05, 4.69) is 51.9 Å². The van der Waals surface area contributed by atoms with Gasteiger partial charge in [-0.1, -0.05) is 42.5 Å². The molecule has 0 atom stereocenters. The normalized spacial score (nSPS) is 11.9. The van der Waals surface area contributed by atoms with E-state index in [1.807, 2.05) is 30.3 Å². The Hall–Kier alpha value is -2.07. The van der Waals surface area contributed by atoms with E-state index in [9.17, 15) is 8.42 Å². The zero-order valence-electron chi connectivity index (χ0n) is 18.0. The van der Waals surface area contributed by atoms with E-state index in [1.54, 1.807) is 7.05 Å². The van der Waals surface area contributed by atoms with Crippen LogP contribution in [0.2, 0.25) is 0 Å². The lowest BCUT2D eigenvalue weighted by atomic mass is 10.1. The zero-order chi connectivity index (χ0) is 21.4. The number of aliphatic imine (C=N–C) groups is 1. The molecule has 0 radical (unpaired) electrons. The van der Waals surface area contributed by atoms with Crippen molar-refractivity contribution in [1.82, 2.24) is 15.6 Å². The Morgan fingerprint density at radius 3 is 2.55 bits per heavy atom. The molecular weight excluding hydrogens is 523 g/mol. The van der Waals surface area contributed by atoms with Crippen LogP contribution in [0.3, 0.4) is 0 Å². The summed E-state index contributed by atoms with van der Waals surface area (Å²) in [5.41, 5.74) is 4.49. The minimum atomic E-state index is -3.11. The molecule has 0 saturated carbocycles. The summed E-state index contributed by atoms with van der Waals surface area (Å²) in [5, 5.41) is 7.74. The highest BCUT2D eigenvalue weighted by atomic mass is 127. The zero-order valence-corrected chi connectivity index (χ0v) is 21.2. The predicted molar refractivity (Wildman–Crippen MR) is 140 cm³/mol. The second kappa shape index (κ2) is 12.1. The highest BCUT2D eigenvalue weighted by molar-refractivity contribution is 14.0. The van der Waals surface area contributed by atoms with Crippen molar-refractivity contribution in [2.75, 3.05) is 25.9 Å². The molecule has 1 aromatic heterocycles. The van der Waals surface area contributed by atoms with Crippen LogP contribution in [0.25, 0.3) is 10.9 Å². The van der Waals surface area contributed by atoms with Gasteiger partial charge in [0.25, 0.3) is 0 Å². The van der Waals surface area contributed by atoms with E-state index >= 15 is 0 Å². The van der Waals surface area contributed by atoms with Crippen LogP contribution in [0.15, 0.2) is 59.7 Å². The number of guanidine groups is 1. The van der Waals surface area contributed by atoms with Crippen LogP contribution in [0.1, 0.15) is 23.1 Å². The van der Waals surface area contributed by atoms with E-state index in [-0.39, 0.29) is 35.5 Å². The number of fused-ring (bicyclic) bond motifs is 1. The minimum absolute atomic E-state index is 0. The molecule has 0 bridgehead atoms. The number of halogens is 1. The number of aromatic amines is 1. The summed E-state index contributed by atoms with van der Waals surface area (Å²) in [5.74, 6) is 0.928. The molecule has 3 rings (SSSR count). The van der Waals surface area contributed by atoms with Crippen LogP contribution in [-0.4, -0.2) is 45.3 Å². The molecule has 0 unspecified atom stereocenters. The monoisotopic (exact) mass is 554 g/mol. The Labute approximate surface area is 201 Å². The molecule has 31 heavy (non-hydrogen) atoms. The van der Waals surface area contributed by atoms with Gasteiger partial charge in [-0.25, -0.2) is 8.42 Å². The maximum Gasteiger partial charge on any atom is 0.190 e. The number of sulfone groups is 1. The second-order valence-corrected chi connectivity index (χ2v) is 9.65. The van der Waals surface area contributed by atoms with Crippen LogP contribution < -0.4 is 10.6 Å². The standard InChI is InChI=1S/C23H30N4O2S.HI/c1-18-9-10-21-20(16-27-22(21)15-18)11-13-26-23(24-2)25-12-6-14-30(28,29)17-19-7-4-3-5-8-19;/h3-5,7-10,15-16,27H,6,11-14,17H2,1-2H3,(H2,24,25,26);1H. The quantitative estimate of drug-likeness (QED) is 0.163. The fourth-order valence-corrected chi connectivity index (χ4v) is 4.87. The van der Waals surface area contributed by atoms with Gasteiger partial charge >= 0.3 is 0 Å². The van der Waals surface area contributed by atoms with Gasteiger partial charge in [-0.2, -0.15) is 0 Å². The average molecular weight is 554 g/mol. The van der Waals surface area contributed by atoms with Crippen LogP contribution in [0.4, 0.5) is 0 Å². The van der Waals surface area contributed by atoms with Crippen molar-refractivity contribution in [2.45, 2.75) is 25.5 Å². The molecule has 3 N–H and O–H groups in total. The lowest BCUT2D eigenvalue weighted by molar-refractivity contribution is 0.591. The van der Waals surface area contributed by atoms with Crippen LogP contribution in [0, 0.1) is 6.92 Å². The second-order valence-electron chi connectivity index (χ2n) is 7.47. The number of nitrogens with zero attached hydrogens (tertiary/aromatic N) is 1. The van der Waals surface area contributed by atoms with Crippen LogP contribution in [0.5, 0.6) is 0 Å². The van der Waals surface area contributed by atoms with Crippen molar-refractivity contribution < 1.29 is 8.42 Å². The molecule has 0 fully saturated rings. The number of rotatable bonds is 9. The predicted octanol–water partition coefficient (Wildman–Crippen LogP) is 3.81. The molecule has 0 aliphatic carbocycles.